The zero-order chi connectivity index (χ0) is 15.9. The zero-order valence-electron chi connectivity index (χ0n) is 13.0. The first-order valence-corrected chi connectivity index (χ1v) is 8.08. The number of carbonyl (C=O) groups is 1. The summed E-state index contributed by atoms with van der Waals surface area (Å²) in [6.07, 6.45) is 11.0. The van der Waals surface area contributed by atoms with Gasteiger partial charge in [0.2, 0.25) is 0 Å². The van der Waals surface area contributed by atoms with Gasteiger partial charge in [0, 0.05) is 12.2 Å². The van der Waals surface area contributed by atoms with Gasteiger partial charge in [0.15, 0.2) is 0 Å². The van der Waals surface area contributed by atoms with E-state index < -0.39 is 0 Å². The van der Waals surface area contributed by atoms with E-state index in [1.54, 1.807) is 12.4 Å². The first-order chi connectivity index (χ1) is 11.3. The van der Waals surface area contributed by atoms with Crippen LogP contribution in [0.5, 0.6) is 0 Å². The fourth-order valence-electron chi connectivity index (χ4n) is 2.74. The van der Waals surface area contributed by atoms with Crippen molar-refractivity contribution < 1.29 is 4.79 Å². The minimum absolute atomic E-state index is 0.243. The molecule has 120 valence electrons. The molecule has 23 heavy (non-hydrogen) atoms. The quantitative estimate of drug-likeness (QED) is 0.887. The van der Waals surface area contributed by atoms with Crippen molar-refractivity contribution in [1.82, 2.24) is 20.3 Å². The Morgan fingerprint density at radius 2 is 1.96 bits per heavy atom. The van der Waals surface area contributed by atoms with Crippen LogP contribution in [0.2, 0.25) is 0 Å². The summed E-state index contributed by atoms with van der Waals surface area (Å²) < 4.78 is 0. The molecule has 0 aromatic carbocycles. The second kappa shape index (κ2) is 7.67. The zero-order valence-corrected chi connectivity index (χ0v) is 13.0. The molecule has 0 saturated heterocycles. The third-order valence-electron chi connectivity index (χ3n) is 4.00. The van der Waals surface area contributed by atoms with Crippen LogP contribution in [-0.2, 0) is 6.54 Å². The van der Waals surface area contributed by atoms with Gasteiger partial charge in [0.05, 0.1) is 24.6 Å². The third kappa shape index (κ3) is 4.48. The van der Waals surface area contributed by atoms with E-state index in [0.717, 1.165) is 11.5 Å². The van der Waals surface area contributed by atoms with E-state index in [1.165, 1.54) is 38.3 Å². The van der Waals surface area contributed by atoms with E-state index in [9.17, 15) is 4.79 Å². The molecule has 1 aliphatic carbocycles. The summed E-state index contributed by atoms with van der Waals surface area (Å²) in [7, 11) is 0. The standard InChI is InChI=1S/C17H21N5O/c23-17(21-10-14-8-4-5-9-18-14)15-11-20-16(12-19-15)22-13-6-2-1-3-7-13/h4-5,8-9,11-13H,1-3,6-7,10H2,(H,20,22)(H,21,23). The average Bonchev–Trinajstić information content (AvgIpc) is 2.62. The summed E-state index contributed by atoms with van der Waals surface area (Å²) in [5.74, 6) is 0.491. The Hall–Kier alpha value is -2.50. The molecule has 0 radical (unpaired) electrons. The lowest BCUT2D eigenvalue weighted by Crippen LogP contribution is -2.25. The molecule has 2 heterocycles. The van der Waals surface area contributed by atoms with Crippen molar-refractivity contribution in [1.29, 1.82) is 0 Å². The molecule has 1 fully saturated rings. The Morgan fingerprint density at radius 3 is 2.65 bits per heavy atom. The Labute approximate surface area is 135 Å². The van der Waals surface area contributed by atoms with E-state index in [4.69, 9.17) is 0 Å². The maximum Gasteiger partial charge on any atom is 0.271 e. The molecule has 2 N–H and O–H groups in total. The highest BCUT2D eigenvalue weighted by Crippen LogP contribution is 2.20. The lowest BCUT2D eigenvalue weighted by atomic mass is 9.96. The highest BCUT2D eigenvalue weighted by Gasteiger charge is 2.14. The van der Waals surface area contributed by atoms with Crippen molar-refractivity contribution >= 4 is 11.7 Å². The number of pyridine rings is 1. The molecular weight excluding hydrogens is 290 g/mol. The van der Waals surface area contributed by atoms with Gasteiger partial charge in [-0.1, -0.05) is 25.3 Å². The van der Waals surface area contributed by atoms with E-state index in [1.807, 2.05) is 18.2 Å². The smallest absolute Gasteiger partial charge is 0.271 e. The summed E-state index contributed by atoms with van der Waals surface area (Å²) in [6, 6.07) is 6.07. The highest BCUT2D eigenvalue weighted by atomic mass is 16.1. The number of nitrogens with one attached hydrogen (secondary N) is 2. The summed E-state index contributed by atoms with van der Waals surface area (Å²) in [5, 5.41) is 6.18. The van der Waals surface area contributed by atoms with Gasteiger partial charge in [-0.05, 0) is 25.0 Å². The predicted molar refractivity (Wildman–Crippen MR) is 87.9 cm³/mol. The first-order valence-electron chi connectivity index (χ1n) is 8.08. The summed E-state index contributed by atoms with van der Waals surface area (Å²) in [5.41, 5.74) is 1.12. The molecule has 1 amide bonds. The van der Waals surface area contributed by atoms with Gasteiger partial charge in [0.25, 0.3) is 5.91 Å². The van der Waals surface area contributed by atoms with Gasteiger partial charge in [-0.15, -0.1) is 0 Å². The number of hydrogen-bond acceptors (Lipinski definition) is 5. The van der Waals surface area contributed by atoms with Crippen LogP contribution in [-0.4, -0.2) is 26.9 Å². The summed E-state index contributed by atoms with van der Waals surface area (Å²) in [6.45, 7) is 0.378. The first kappa shape index (κ1) is 15.4. The van der Waals surface area contributed by atoms with Gasteiger partial charge in [-0.2, -0.15) is 0 Å². The van der Waals surface area contributed by atoms with Crippen LogP contribution in [0.15, 0.2) is 36.8 Å². The molecule has 0 atom stereocenters. The molecule has 0 bridgehead atoms. The van der Waals surface area contributed by atoms with Gasteiger partial charge >= 0.3 is 0 Å². The normalized spacial score (nSPS) is 15.1. The van der Waals surface area contributed by atoms with Crippen LogP contribution in [0.1, 0.15) is 48.3 Å². The molecule has 1 aliphatic rings. The van der Waals surface area contributed by atoms with Gasteiger partial charge in [-0.3, -0.25) is 9.78 Å². The van der Waals surface area contributed by atoms with E-state index >= 15 is 0 Å². The second-order valence-corrected chi connectivity index (χ2v) is 5.77. The lowest BCUT2D eigenvalue weighted by molar-refractivity contribution is 0.0945. The number of amides is 1. The number of rotatable bonds is 5. The Morgan fingerprint density at radius 1 is 1.09 bits per heavy atom. The van der Waals surface area contributed by atoms with Crippen LogP contribution >= 0.6 is 0 Å². The minimum Gasteiger partial charge on any atom is -0.366 e. The maximum absolute atomic E-state index is 12.1. The largest absolute Gasteiger partial charge is 0.366 e. The minimum atomic E-state index is -0.243. The molecule has 0 aliphatic heterocycles. The van der Waals surface area contributed by atoms with Crippen molar-refractivity contribution in [2.45, 2.75) is 44.7 Å². The van der Waals surface area contributed by atoms with E-state index in [-0.39, 0.29) is 5.91 Å². The Balaban J connectivity index is 1.52. The fourth-order valence-corrected chi connectivity index (χ4v) is 2.74. The van der Waals surface area contributed by atoms with Crippen LogP contribution < -0.4 is 10.6 Å². The van der Waals surface area contributed by atoms with Crippen molar-refractivity contribution in [3.8, 4) is 0 Å². The topological polar surface area (TPSA) is 79.8 Å². The van der Waals surface area contributed by atoms with Gasteiger partial charge in [-0.25, -0.2) is 9.97 Å². The monoisotopic (exact) mass is 311 g/mol. The van der Waals surface area contributed by atoms with Crippen LogP contribution in [0.3, 0.4) is 0 Å². The van der Waals surface area contributed by atoms with Crippen molar-refractivity contribution in [3.63, 3.8) is 0 Å². The molecular formula is C17H21N5O. The molecule has 3 rings (SSSR count). The second-order valence-electron chi connectivity index (χ2n) is 5.77. The van der Waals surface area contributed by atoms with Gasteiger partial charge < -0.3 is 10.6 Å². The lowest BCUT2D eigenvalue weighted by Gasteiger charge is -2.23. The number of hydrogen-bond donors (Lipinski definition) is 2. The molecule has 0 unspecified atom stereocenters. The van der Waals surface area contributed by atoms with Crippen molar-refractivity contribution in [2.24, 2.45) is 0 Å². The SMILES string of the molecule is O=C(NCc1ccccn1)c1cnc(NC2CCCCC2)cn1. The summed E-state index contributed by atoms with van der Waals surface area (Å²) >= 11 is 0. The van der Waals surface area contributed by atoms with E-state index in [2.05, 4.69) is 25.6 Å². The van der Waals surface area contributed by atoms with Crippen LogP contribution in [0, 0.1) is 0 Å². The number of nitrogens with zero attached hydrogens (tertiary/aromatic N) is 3. The summed E-state index contributed by atoms with van der Waals surface area (Å²) in [4.78, 5) is 24.7. The van der Waals surface area contributed by atoms with Crippen molar-refractivity contribution in [2.75, 3.05) is 5.32 Å². The Bertz CT molecular complexity index is 623. The number of carbonyl (C=O) groups excluding carboxylic acids is 1. The molecule has 1 saturated carbocycles. The van der Waals surface area contributed by atoms with Crippen LogP contribution in [0.4, 0.5) is 5.82 Å². The van der Waals surface area contributed by atoms with Crippen molar-refractivity contribution in [3.05, 3.63) is 48.2 Å². The predicted octanol–water partition coefficient (Wildman–Crippen LogP) is 2.55. The highest BCUT2D eigenvalue weighted by molar-refractivity contribution is 5.91. The number of aromatic nitrogens is 3. The van der Waals surface area contributed by atoms with Crippen LogP contribution in [0.25, 0.3) is 0 Å². The molecule has 2 aromatic heterocycles. The maximum atomic E-state index is 12.1. The molecule has 6 nitrogen and oxygen atoms in total. The average molecular weight is 311 g/mol. The van der Waals surface area contributed by atoms with Gasteiger partial charge in [0.1, 0.15) is 11.5 Å². The molecule has 6 heteroatoms. The molecule has 2 aromatic rings. The third-order valence-corrected chi connectivity index (χ3v) is 4.00. The fraction of sp³-hybridized carbons (Fsp3) is 0.412. The van der Waals surface area contributed by atoms with E-state index in [0.29, 0.717) is 18.3 Å². The Kier molecular flexibility index (Phi) is 5.13. The molecule has 0 spiro atoms. The number of anilines is 1.